The van der Waals surface area contributed by atoms with Crippen LogP contribution in [0.2, 0.25) is 0 Å². The van der Waals surface area contributed by atoms with Gasteiger partial charge < -0.3 is 0 Å². The number of unbranched alkanes of at least 4 members (excludes halogenated alkanes) is 1. The van der Waals surface area contributed by atoms with E-state index in [0.29, 0.717) is 18.7 Å². The molecule has 1 aromatic rings. The van der Waals surface area contributed by atoms with Crippen molar-refractivity contribution >= 4 is 43.2 Å². The zero-order chi connectivity index (χ0) is 13.8. The molecule has 0 bridgehead atoms. The lowest BCUT2D eigenvalue weighted by atomic mass is 10.3. The predicted octanol–water partition coefficient (Wildman–Crippen LogP) is 3.49. The molecule has 102 valence electrons. The summed E-state index contributed by atoms with van der Waals surface area (Å²) >= 11 is 8.32. The number of rotatable bonds is 6. The second-order valence-electron chi connectivity index (χ2n) is 3.56. The van der Waals surface area contributed by atoms with Crippen molar-refractivity contribution in [2.75, 3.05) is 16.4 Å². The minimum atomic E-state index is -3.77. The van der Waals surface area contributed by atoms with Gasteiger partial charge in [-0.1, -0.05) is 15.9 Å². The molecule has 0 aliphatic rings. The van der Waals surface area contributed by atoms with E-state index in [2.05, 4.69) is 15.9 Å². The lowest BCUT2D eigenvalue weighted by molar-refractivity contribution is 0.581. The molecular formula is C10H11BrClF2NO2S. The van der Waals surface area contributed by atoms with Crippen molar-refractivity contribution in [1.82, 2.24) is 0 Å². The van der Waals surface area contributed by atoms with Crippen molar-refractivity contribution in [2.24, 2.45) is 0 Å². The molecule has 8 heteroatoms. The van der Waals surface area contributed by atoms with Crippen molar-refractivity contribution in [1.29, 1.82) is 0 Å². The van der Waals surface area contributed by atoms with Crippen LogP contribution in [-0.4, -0.2) is 20.1 Å². The van der Waals surface area contributed by atoms with E-state index in [1.165, 1.54) is 0 Å². The van der Waals surface area contributed by atoms with Gasteiger partial charge in [0.25, 0.3) is 0 Å². The zero-order valence-corrected chi connectivity index (χ0v) is 12.4. The summed E-state index contributed by atoms with van der Waals surface area (Å²) in [6.07, 6.45) is 0.854. The van der Waals surface area contributed by atoms with Crippen LogP contribution in [0.5, 0.6) is 0 Å². The third kappa shape index (κ3) is 4.70. The highest BCUT2D eigenvalue weighted by atomic mass is 79.9. The number of hydrogen-bond donors (Lipinski definition) is 1. The fourth-order valence-electron chi connectivity index (χ4n) is 1.23. The first-order chi connectivity index (χ1) is 8.35. The Bertz CT molecular complexity index is 502. The largest absolute Gasteiger partial charge is 0.278 e. The molecule has 0 saturated heterocycles. The molecule has 0 radical (unpaired) electrons. The molecule has 18 heavy (non-hydrogen) atoms. The van der Waals surface area contributed by atoms with Crippen LogP contribution in [0.25, 0.3) is 0 Å². The first-order valence-corrected chi connectivity index (χ1v) is 8.04. The van der Waals surface area contributed by atoms with E-state index < -0.39 is 27.3 Å². The Morgan fingerprint density at radius 1 is 1.22 bits per heavy atom. The first-order valence-electron chi connectivity index (χ1n) is 5.07. The van der Waals surface area contributed by atoms with Gasteiger partial charge >= 0.3 is 0 Å². The molecule has 1 aromatic carbocycles. The van der Waals surface area contributed by atoms with Gasteiger partial charge in [-0.15, -0.1) is 11.6 Å². The Labute approximate surface area is 118 Å². The van der Waals surface area contributed by atoms with E-state index in [1.807, 2.05) is 4.72 Å². The molecule has 0 unspecified atom stereocenters. The van der Waals surface area contributed by atoms with Crippen LogP contribution in [0.1, 0.15) is 12.8 Å². The summed E-state index contributed by atoms with van der Waals surface area (Å²) in [7, 11) is -3.77. The summed E-state index contributed by atoms with van der Waals surface area (Å²) in [6, 6.07) is 1.97. The summed E-state index contributed by atoms with van der Waals surface area (Å²) in [5.74, 6) is -1.82. The van der Waals surface area contributed by atoms with Crippen molar-refractivity contribution in [3.63, 3.8) is 0 Å². The van der Waals surface area contributed by atoms with Gasteiger partial charge in [-0.2, -0.15) is 0 Å². The number of nitrogens with one attached hydrogen (secondary N) is 1. The van der Waals surface area contributed by atoms with Crippen LogP contribution < -0.4 is 4.72 Å². The van der Waals surface area contributed by atoms with Crippen molar-refractivity contribution in [2.45, 2.75) is 12.8 Å². The number of anilines is 1. The van der Waals surface area contributed by atoms with Gasteiger partial charge in [0.1, 0.15) is 5.69 Å². The topological polar surface area (TPSA) is 46.2 Å². The summed E-state index contributed by atoms with van der Waals surface area (Å²) < 4.78 is 52.0. The smallest absolute Gasteiger partial charge is 0.232 e. The number of halogens is 4. The minimum Gasteiger partial charge on any atom is -0.278 e. The number of hydrogen-bond acceptors (Lipinski definition) is 2. The lowest BCUT2D eigenvalue weighted by Gasteiger charge is -2.09. The van der Waals surface area contributed by atoms with Gasteiger partial charge in [0, 0.05) is 10.4 Å². The highest BCUT2D eigenvalue weighted by Crippen LogP contribution is 2.24. The maximum absolute atomic E-state index is 13.4. The molecule has 0 spiro atoms. The van der Waals surface area contributed by atoms with Crippen LogP contribution in [0.3, 0.4) is 0 Å². The highest BCUT2D eigenvalue weighted by Gasteiger charge is 2.17. The molecule has 0 heterocycles. The summed E-state index contributed by atoms with van der Waals surface area (Å²) in [4.78, 5) is 0. The highest BCUT2D eigenvalue weighted by molar-refractivity contribution is 9.10. The van der Waals surface area contributed by atoms with Gasteiger partial charge in [-0.25, -0.2) is 17.2 Å². The van der Waals surface area contributed by atoms with Crippen molar-refractivity contribution in [3.8, 4) is 0 Å². The number of benzene rings is 1. The molecule has 0 saturated carbocycles. The molecule has 0 aliphatic heterocycles. The maximum Gasteiger partial charge on any atom is 0.232 e. The minimum absolute atomic E-state index is 0.197. The van der Waals surface area contributed by atoms with Crippen LogP contribution >= 0.6 is 27.5 Å². The fourth-order valence-corrected chi connectivity index (χ4v) is 3.02. The van der Waals surface area contributed by atoms with Gasteiger partial charge in [0.2, 0.25) is 10.0 Å². The Kier molecular flexibility index (Phi) is 5.81. The van der Waals surface area contributed by atoms with Gasteiger partial charge in [0.05, 0.1) is 5.75 Å². The van der Waals surface area contributed by atoms with E-state index in [-0.39, 0.29) is 10.2 Å². The molecule has 1 rings (SSSR count). The van der Waals surface area contributed by atoms with Gasteiger partial charge in [-0.3, -0.25) is 4.72 Å². The van der Waals surface area contributed by atoms with E-state index in [1.54, 1.807) is 0 Å². The van der Waals surface area contributed by atoms with Crippen LogP contribution in [0.15, 0.2) is 16.6 Å². The van der Waals surface area contributed by atoms with E-state index >= 15 is 0 Å². The SMILES string of the molecule is O=S(=O)(CCCCCl)Nc1c(F)cc(Br)cc1F. The molecule has 1 N–H and O–H groups in total. The molecule has 0 fully saturated rings. The second-order valence-corrected chi connectivity index (χ2v) is 6.70. The molecule has 3 nitrogen and oxygen atoms in total. The van der Waals surface area contributed by atoms with E-state index in [4.69, 9.17) is 11.6 Å². The molecular weight excluding hydrogens is 352 g/mol. The van der Waals surface area contributed by atoms with Crippen molar-refractivity contribution < 1.29 is 17.2 Å². The summed E-state index contributed by atoms with van der Waals surface area (Å²) in [5, 5.41) is 0. The normalized spacial score (nSPS) is 11.6. The Balaban J connectivity index is 2.84. The number of alkyl halides is 1. The third-order valence-corrected chi connectivity index (χ3v) is 4.13. The average molecular weight is 363 g/mol. The molecule has 0 atom stereocenters. The second kappa shape index (κ2) is 6.68. The summed E-state index contributed by atoms with van der Waals surface area (Å²) in [6.45, 7) is 0. The van der Waals surface area contributed by atoms with Crippen LogP contribution in [-0.2, 0) is 10.0 Å². The van der Waals surface area contributed by atoms with Crippen LogP contribution in [0, 0.1) is 11.6 Å². The van der Waals surface area contributed by atoms with Gasteiger partial charge in [-0.05, 0) is 25.0 Å². The van der Waals surface area contributed by atoms with E-state index in [9.17, 15) is 17.2 Å². The van der Waals surface area contributed by atoms with Crippen molar-refractivity contribution in [3.05, 3.63) is 28.2 Å². The Morgan fingerprint density at radius 2 is 1.78 bits per heavy atom. The summed E-state index contributed by atoms with van der Waals surface area (Å²) in [5.41, 5.74) is -0.663. The Hall–Kier alpha value is -0.400. The zero-order valence-electron chi connectivity index (χ0n) is 9.22. The Morgan fingerprint density at radius 3 is 2.28 bits per heavy atom. The van der Waals surface area contributed by atoms with Crippen LogP contribution in [0.4, 0.5) is 14.5 Å². The first kappa shape index (κ1) is 15.7. The predicted molar refractivity (Wildman–Crippen MR) is 71.4 cm³/mol. The lowest BCUT2D eigenvalue weighted by Crippen LogP contribution is -2.18. The fraction of sp³-hybridized carbons (Fsp3) is 0.400. The standard InChI is InChI=1S/C10H11BrClF2NO2S/c11-7-5-8(13)10(9(14)6-7)15-18(16,17)4-2-1-3-12/h5-6,15H,1-4H2. The quantitative estimate of drug-likeness (QED) is 0.622. The molecule has 0 aromatic heterocycles. The monoisotopic (exact) mass is 361 g/mol. The average Bonchev–Trinajstić information content (AvgIpc) is 2.23. The van der Waals surface area contributed by atoms with E-state index in [0.717, 1.165) is 12.1 Å². The molecule has 0 amide bonds. The number of sulfonamides is 1. The van der Waals surface area contributed by atoms with Gasteiger partial charge in [0.15, 0.2) is 11.6 Å². The third-order valence-electron chi connectivity index (χ3n) is 2.06. The maximum atomic E-state index is 13.4. The molecule has 0 aliphatic carbocycles.